The summed E-state index contributed by atoms with van der Waals surface area (Å²) in [7, 11) is 0. The second-order valence-electron chi connectivity index (χ2n) is 6.84. The molecule has 0 radical (unpaired) electrons. The minimum absolute atomic E-state index is 1.25. The smallest absolute Gasteiger partial charge is 0.0155 e. The summed E-state index contributed by atoms with van der Waals surface area (Å²) < 4.78 is 0. The highest BCUT2D eigenvalue weighted by Gasteiger charge is 2.04. The fourth-order valence-corrected chi connectivity index (χ4v) is 3.44. The van der Waals surface area contributed by atoms with E-state index >= 15 is 0 Å². The predicted molar refractivity (Wildman–Crippen MR) is 112 cm³/mol. The molecule has 0 spiro atoms. The Morgan fingerprint density at radius 3 is 1.69 bits per heavy atom. The molecular weight excluding hydrogens is 312 g/mol. The van der Waals surface area contributed by atoms with Crippen LogP contribution in [-0.4, -0.2) is 0 Å². The van der Waals surface area contributed by atoms with Crippen LogP contribution >= 0.6 is 0 Å². The number of hydrogen-bond donors (Lipinski definition) is 0. The van der Waals surface area contributed by atoms with Crippen molar-refractivity contribution >= 4 is 0 Å². The first-order valence-corrected chi connectivity index (χ1v) is 9.04. The second-order valence-corrected chi connectivity index (χ2v) is 6.84. The van der Waals surface area contributed by atoms with E-state index in [1.165, 1.54) is 44.5 Å². The first-order chi connectivity index (χ1) is 12.7. The molecule has 0 saturated heterocycles. The summed E-state index contributed by atoms with van der Waals surface area (Å²) in [6.07, 6.45) is 0. The maximum atomic E-state index is 2.28. The Bertz CT molecular complexity index is 1040. The topological polar surface area (TPSA) is 0 Å². The zero-order valence-corrected chi connectivity index (χ0v) is 15.2. The van der Waals surface area contributed by atoms with Crippen molar-refractivity contribution in [1.82, 2.24) is 0 Å². The van der Waals surface area contributed by atoms with E-state index in [1.807, 2.05) is 0 Å². The molecule has 0 aromatic heterocycles. The summed E-state index contributed by atoms with van der Waals surface area (Å²) in [4.78, 5) is 0. The van der Waals surface area contributed by atoms with E-state index in [0.717, 1.165) is 0 Å². The minimum atomic E-state index is 1.25. The summed E-state index contributed by atoms with van der Waals surface area (Å²) >= 11 is 0. The summed E-state index contributed by atoms with van der Waals surface area (Å²) in [5.41, 5.74) is 10.2. The first-order valence-electron chi connectivity index (χ1n) is 9.04. The Morgan fingerprint density at radius 2 is 1.00 bits per heavy atom. The maximum absolute atomic E-state index is 2.28. The van der Waals surface area contributed by atoms with Crippen molar-refractivity contribution in [2.45, 2.75) is 13.8 Å². The van der Waals surface area contributed by atoms with E-state index in [-0.39, 0.29) is 0 Å². The third kappa shape index (κ3) is 3.32. The third-order valence-corrected chi connectivity index (χ3v) is 4.89. The van der Waals surface area contributed by atoms with Crippen LogP contribution in [0.1, 0.15) is 11.1 Å². The quantitative estimate of drug-likeness (QED) is 0.368. The normalized spacial score (nSPS) is 10.7. The average Bonchev–Trinajstić information content (AvgIpc) is 2.69. The molecule has 0 nitrogen and oxygen atoms in total. The van der Waals surface area contributed by atoms with E-state index in [4.69, 9.17) is 0 Å². The van der Waals surface area contributed by atoms with Crippen molar-refractivity contribution in [2.75, 3.05) is 0 Å². The van der Waals surface area contributed by atoms with Gasteiger partial charge in [0, 0.05) is 0 Å². The zero-order valence-electron chi connectivity index (χ0n) is 15.2. The fourth-order valence-electron chi connectivity index (χ4n) is 3.44. The van der Waals surface area contributed by atoms with Gasteiger partial charge >= 0.3 is 0 Å². The Morgan fingerprint density at radius 1 is 0.423 bits per heavy atom. The van der Waals surface area contributed by atoms with Gasteiger partial charge in [0.05, 0.1) is 0 Å². The van der Waals surface area contributed by atoms with Crippen LogP contribution in [0.3, 0.4) is 0 Å². The van der Waals surface area contributed by atoms with Crippen LogP contribution in [0.5, 0.6) is 0 Å². The number of benzene rings is 4. The number of aryl methyl sites for hydroxylation is 2. The van der Waals surface area contributed by atoms with Gasteiger partial charge in [0.25, 0.3) is 0 Å². The summed E-state index contributed by atoms with van der Waals surface area (Å²) in [6, 6.07) is 34.9. The van der Waals surface area contributed by atoms with Gasteiger partial charge in [-0.15, -0.1) is 0 Å². The van der Waals surface area contributed by atoms with Crippen LogP contribution in [0.4, 0.5) is 0 Å². The molecule has 0 fully saturated rings. The Labute approximate surface area is 155 Å². The summed E-state index contributed by atoms with van der Waals surface area (Å²) in [5, 5.41) is 0. The van der Waals surface area contributed by atoms with E-state index in [9.17, 15) is 0 Å². The molecule has 0 aliphatic rings. The SMILES string of the molecule is Cc1cccc(-c2cccc(-c3ccc(-c4ccccc4C)cc3)c2)c1. The monoisotopic (exact) mass is 334 g/mol. The predicted octanol–water partition coefficient (Wildman–Crippen LogP) is 7.30. The lowest BCUT2D eigenvalue weighted by molar-refractivity contribution is 1.46. The van der Waals surface area contributed by atoms with Gasteiger partial charge in [-0.25, -0.2) is 0 Å². The molecule has 126 valence electrons. The molecule has 0 N–H and O–H groups in total. The van der Waals surface area contributed by atoms with Gasteiger partial charge in [0.1, 0.15) is 0 Å². The Hall–Kier alpha value is -3.12. The van der Waals surface area contributed by atoms with E-state index < -0.39 is 0 Å². The second kappa shape index (κ2) is 7.01. The van der Waals surface area contributed by atoms with Crippen LogP contribution in [-0.2, 0) is 0 Å². The molecule has 0 atom stereocenters. The van der Waals surface area contributed by atoms with Crippen molar-refractivity contribution in [2.24, 2.45) is 0 Å². The zero-order chi connectivity index (χ0) is 17.9. The summed E-state index contributed by atoms with van der Waals surface area (Å²) in [5.74, 6) is 0. The standard InChI is InChI=1S/C26H22/c1-19-7-5-9-23(17-19)25-11-6-10-24(18-25)21-13-15-22(16-14-21)26-12-4-3-8-20(26)2/h3-18H,1-2H3. The number of hydrogen-bond acceptors (Lipinski definition) is 0. The van der Waals surface area contributed by atoms with Crippen molar-refractivity contribution in [3.8, 4) is 33.4 Å². The molecule has 0 unspecified atom stereocenters. The molecule has 0 aliphatic heterocycles. The van der Waals surface area contributed by atoms with E-state index in [1.54, 1.807) is 0 Å². The summed E-state index contributed by atoms with van der Waals surface area (Å²) in [6.45, 7) is 4.30. The molecule has 0 saturated carbocycles. The fraction of sp³-hybridized carbons (Fsp3) is 0.0769. The van der Waals surface area contributed by atoms with Gasteiger partial charge in [-0.3, -0.25) is 0 Å². The van der Waals surface area contributed by atoms with E-state index in [2.05, 4.69) is 111 Å². The van der Waals surface area contributed by atoms with Crippen LogP contribution in [0.25, 0.3) is 33.4 Å². The highest BCUT2D eigenvalue weighted by molar-refractivity contribution is 5.76. The Balaban J connectivity index is 1.68. The molecule has 0 bridgehead atoms. The lowest BCUT2D eigenvalue weighted by Gasteiger charge is -2.09. The van der Waals surface area contributed by atoms with Crippen molar-refractivity contribution in [3.63, 3.8) is 0 Å². The third-order valence-electron chi connectivity index (χ3n) is 4.89. The van der Waals surface area contributed by atoms with E-state index in [0.29, 0.717) is 0 Å². The molecule has 4 aromatic rings. The lowest BCUT2D eigenvalue weighted by atomic mass is 9.95. The van der Waals surface area contributed by atoms with Crippen LogP contribution < -0.4 is 0 Å². The van der Waals surface area contributed by atoms with Crippen LogP contribution in [0.2, 0.25) is 0 Å². The highest BCUT2D eigenvalue weighted by Crippen LogP contribution is 2.29. The van der Waals surface area contributed by atoms with Gasteiger partial charge < -0.3 is 0 Å². The van der Waals surface area contributed by atoms with Gasteiger partial charge in [-0.1, -0.05) is 96.6 Å². The first kappa shape index (κ1) is 16.4. The Kier molecular flexibility index (Phi) is 4.41. The average molecular weight is 334 g/mol. The highest BCUT2D eigenvalue weighted by atomic mass is 14.1. The van der Waals surface area contributed by atoms with Gasteiger partial charge in [-0.2, -0.15) is 0 Å². The molecule has 0 amide bonds. The maximum Gasteiger partial charge on any atom is -0.0155 e. The molecule has 0 aliphatic carbocycles. The molecule has 26 heavy (non-hydrogen) atoms. The minimum Gasteiger partial charge on any atom is -0.0620 e. The largest absolute Gasteiger partial charge is 0.0620 e. The molecule has 0 heteroatoms. The van der Waals surface area contributed by atoms with Crippen LogP contribution in [0, 0.1) is 13.8 Å². The van der Waals surface area contributed by atoms with Crippen molar-refractivity contribution < 1.29 is 0 Å². The van der Waals surface area contributed by atoms with Gasteiger partial charge in [0.2, 0.25) is 0 Å². The molecule has 4 aromatic carbocycles. The van der Waals surface area contributed by atoms with Crippen molar-refractivity contribution in [3.05, 3.63) is 108 Å². The van der Waals surface area contributed by atoms with Crippen LogP contribution in [0.15, 0.2) is 97.1 Å². The van der Waals surface area contributed by atoms with Gasteiger partial charge in [-0.05, 0) is 58.9 Å². The number of rotatable bonds is 3. The van der Waals surface area contributed by atoms with Crippen molar-refractivity contribution in [1.29, 1.82) is 0 Å². The molecular formula is C26H22. The molecule has 4 rings (SSSR count). The lowest BCUT2D eigenvalue weighted by Crippen LogP contribution is -1.85. The van der Waals surface area contributed by atoms with Gasteiger partial charge in [0.15, 0.2) is 0 Å². The molecule has 0 heterocycles.